The van der Waals surface area contributed by atoms with Crippen LogP contribution in [0.3, 0.4) is 0 Å². The first kappa shape index (κ1) is 46.9. The third kappa shape index (κ3) is 37.7. The maximum atomic E-state index is 12.5. The number of hydrogen-bond donors (Lipinski definition) is 0. The van der Waals surface area contributed by atoms with Gasteiger partial charge < -0.3 is 18.9 Å². The summed E-state index contributed by atoms with van der Waals surface area (Å²) in [6.07, 6.45) is 39.2. The van der Waals surface area contributed by atoms with Crippen LogP contribution in [0.5, 0.6) is 0 Å². The van der Waals surface area contributed by atoms with Crippen LogP contribution in [0.4, 0.5) is 0 Å². The molecule has 0 radical (unpaired) electrons. The molecule has 6 nitrogen and oxygen atoms in total. The lowest BCUT2D eigenvalue weighted by molar-refractivity contribution is -0.163. The van der Waals surface area contributed by atoms with Crippen molar-refractivity contribution in [2.75, 3.05) is 33.5 Å². The first-order chi connectivity index (χ1) is 23.6. The molecule has 0 bridgehead atoms. The quantitative estimate of drug-likeness (QED) is 0.0473. The van der Waals surface area contributed by atoms with E-state index in [2.05, 4.69) is 13.8 Å². The minimum atomic E-state index is -0.573. The van der Waals surface area contributed by atoms with Gasteiger partial charge in [0.05, 0.1) is 19.8 Å². The monoisotopic (exact) mass is 683 g/mol. The Labute approximate surface area is 298 Å². The number of ether oxygens (including phenoxy) is 4. The molecule has 0 amide bonds. The van der Waals surface area contributed by atoms with E-state index in [0.717, 1.165) is 25.7 Å². The molecule has 0 aromatic heterocycles. The van der Waals surface area contributed by atoms with Gasteiger partial charge in [-0.15, -0.1) is 0 Å². The Morgan fingerprint density at radius 1 is 0.417 bits per heavy atom. The summed E-state index contributed by atoms with van der Waals surface area (Å²) in [5.74, 6) is -0.450. The Bertz CT molecular complexity index is 654. The smallest absolute Gasteiger partial charge is 0.306 e. The Hall–Kier alpha value is -1.14. The van der Waals surface area contributed by atoms with E-state index in [1.165, 1.54) is 167 Å². The molecule has 0 heterocycles. The third-order valence-corrected chi connectivity index (χ3v) is 9.43. The summed E-state index contributed by atoms with van der Waals surface area (Å²) in [5, 5.41) is 0. The molecule has 0 fully saturated rings. The summed E-state index contributed by atoms with van der Waals surface area (Å²) in [6.45, 7) is 5.69. The second-order valence-electron chi connectivity index (χ2n) is 14.3. The summed E-state index contributed by atoms with van der Waals surface area (Å²) in [6, 6.07) is 0. The first-order valence-corrected chi connectivity index (χ1v) is 21.1. The topological polar surface area (TPSA) is 71.1 Å². The standard InChI is InChI=1S/C42H82O6/c1-4-6-8-10-12-14-16-18-20-22-24-26-28-30-32-34-41(43)47-39-40(38-46-37-36-45-3)48-42(44)35-33-31-29-27-25-23-21-19-17-15-13-11-9-7-5-2/h40H,4-39H2,1-3H3/t40-/m0/s1. The maximum Gasteiger partial charge on any atom is 0.306 e. The Balaban J connectivity index is 3.84. The molecule has 0 saturated carbocycles. The lowest BCUT2D eigenvalue weighted by atomic mass is 10.0. The second-order valence-corrected chi connectivity index (χ2v) is 14.3. The Morgan fingerprint density at radius 2 is 0.750 bits per heavy atom. The first-order valence-electron chi connectivity index (χ1n) is 21.1. The van der Waals surface area contributed by atoms with Gasteiger partial charge in [-0.1, -0.05) is 194 Å². The van der Waals surface area contributed by atoms with Crippen molar-refractivity contribution in [2.45, 2.75) is 225 Å². The molecule has 0 spiro atoms. The highest BCUT2D eigenvalue weighted by Crippen LogP contribution is 2.16. The van der Waals surface area contributed by atoms with Crippen molar-refractivity contribution in [3.63, 3.8) is 0 Å². The second kappa shape index (κ2) is 40.3. The van der Waals surface area contributed by atoms with Crippen molar-refractivity contribution < 1.29 is 28.5 Å². The van der Waals surface area contributed by atoms with E-state index < -0.39 is 6.10 Å². The Morgan fingerprint density at radius 3 is 1.10 bits per heavy atom. The molecule has 0 aliphatic heterocycles. The number of unbranched alkanes of at least 4 members (excludes halogenated alkanes) is 28. The Kier molecular flexibility index (Phi) is 39.3. The van der Waals surface area contributed by atoms with Crippen LogP contribution in [0.15, 0.2) is 0 Å². The van der Waals surface area contributed by atoms with Crippen LogP contribution in [0, 0.1) is 0 Å². The average molecular weight is 683 g/mol. The van der Waals surface area contributed by atoms with E-state index in [4.69, 9.17) is 18.9 Å². The number of methoxy groups -OCH3 is 1. The fraction of sp³-hybridized carbons (Fsp3) is 0.952. The van der Waals surface area contributed by atoms with Crippen molar-refractivity contribution in [1.29, 1.82) is 0 Å². The van der Waals surface area contributed by atoms with Crippen molar-refractivity contribution in [3.05, 3.63) is 0 Å². The van der Waals surface area contributed by atoms with Gasteiger partial charge in [0, 0.05) is 20.0 Å². The lowest BCUT2D eigenvalue weighted by Gasteiger charge is -2.18. The van der Waals surface area contributed by atoms with Crippen LogP contribution in [0.1, 0.15) is 219 Å². The highest BCUT2D eigenvalue weighted by Gasteiger charge is 2.17. The molecular weight excluding hydrogens is 600 g/mol. The van der Waals surface area contributed by atoms with E-state index in [1.807, 2.05) is 0 Å². The van der Waals surface area contributed by atoms with E-state index in [1.54, 1.807) is 7.11 Å². The molecule has 0 N–H and O–H groups in total. The number of rotatable bonds is 40. The van der Waals surface area contributed by atoms with Gasteiger partial charge in [-0.3, -0.25) is 9.59 Å². The summed E-state index contributed by atoms with van der Waals surface area (Å²) in [4.78, 5) is 24.9. The average Bonchev–Trinajstić information content (AvgIpc) is 3.08. The zero-order valence-electron chi connectivity index (χ0n) is 32.5. The van der Waals surface area contributed by atoms with Crippen LogP contribution in [-0.2, 0) is 28.5 Å². The van der Waals surface area contributed by atoms with Gasteiger partial charge in [0.2, 0.25) is 0 Å². The normalized spacial score (nSPS) is 12.0. The molecule has 286 valence electrons. The van der Waals surface area contributed by atoms with E-state index in [9.17, 15) is 9.59 Å². The number of hydrogen-bond acceptors (Lipinski definition) is 6. The fourth-order valence-corrected chi connectivity index (χ4v) is 6.26. The van der Waals surface area contributed by atoms with Gasteiger partial charge in [-0.25, -0.2) is 0 Å². The molecular formula is C42H82O6. The summed E-state index contributed by atoms with van der Waals surface area (Å²) in [5.41, 5.74) is 0. The fourth-order valence-electron chi connectivity index (χ4n) is 6.26. The number of esters is 2. The molecule has 0 aromatic rings. The molecule has 0 aliphatic carbocycles. The minimum Gasteiger partial charge on any atom is -0.462 e. The summed E-state index contributed by atoms with van der Waals surface area (Å²) < 4.78 is 21.8. The van der Waals surface area contributed by atoms with Gasteiger partial charge in [0.1, 0.15) is 6.61 Å². The van der Waals surface area contributed by atoms with Gasteiger partial charge in [0.25, 0.3) is 0 Å². The van der Waals surface area contributed by atoms with Gasteiger partial charge >= 0.3 is 11.9 Å². The van der Waals surface area contributed by atoms with Crippen LogP contribution in [0.25, 0.3) is 0 Å². The maximum absolute atomic E-state index is 12.5. The van der Waals surface area contributed by atoms with Gasteiger partial charge in [-0.05, 0) is 12.8 Å². The molecule has 0 unspecified atom stereocenters. The van der Waals surface area contributed by atoms with Crippen molar-refractivity contribution in [3.8, 4) is 0 Å². The lowest BCUT2D eigenvalue weighted by Crippen LogP contribution is -2.30. The van der Waals surface area contributed by atoms with Crippen LogP contribution >= 0.6 is 0 Å². The van der Waals surface area contributed by atoms with E-state index >= 15 is 0 Å². The van der Waals surface area contributed by atoms with Crippen molar-refractivity contribution >= 4 is 11.9 Å². The summed E-state index contributed by atoms with van der Waals surface area (Å²) >= 11 is 0. The van der Waals surface area contributed by atoms with E-state index in [-0.39, 0.29) is 25.2 Å². The van der Waals surface area contributed by atoms with E-state index in [0.29, 0.717) is 26.1 Å². The molecule has 6 heteroatoms. The largest absolute Gasteiger partial charge is 0.462 e. The minimum absolute atomic E-state index is 0.0507. The highest BCUT2D eigenvalue weighted by atomic mass is 16.6. The number of carbonyl (C=O) groups is 2. The molecule has 0 rings (SSSR count). The van der Waals surface area contributed by atoms with Crippen LogP contribution < -0.4 is 0 Å². The zero-order valence-corrected chi connectivity index (χ0v) is 32.5. The summed E-state index contributed by atoms with van der Waals surface area (Å²) in [7, 11) is 1.62. The van der Waals surface area contributed by atoms with Crippen LogP contribution in [-0.4, -0.2) is 51.6 Å². The number of carbonyl (C=O) groups excluding carboxylic acids is 2. The third-order valence-electron chi connectivity index (χ3n) is 9.43. The highest BCUT2D eigenvalue weighted by molar-refractivity contribution is 5.70. The molecule has 1 atom stereocenters. The zero-order chi connectivity index (χ0) is 35.0. The van der Waals surface area contributed by atoms with Crippen LogP contribution in [0.2, 0.25) is 0 Å². The predicted molar refractivity (Wildman–Crippen MR) is 203 cm³/mol. The molecule has 0 saturated heterocycles. The molecule has 0 aromatic carbocycles. The SMILES string of the molecule is CCCCCCCCCCCCCCCCCC(=O)OC[C@H](COCCOC)OC(=O)CCCCCCCCCCCCCCCCC. The molecule has 0 aliphatic rings. The van der Waals surface area contributed by atoms with Gasteiger partial charge in [0.15, 0.2) is 6.10 Å². The van der Waals surface area contributed by atoms with Crippen molar-refractivity contribution in [2.24, 2.45) is 0 Å². The van der Waals surface area contributed by atoms with Crippen molar-refractivity contribution in [1.82, 2.24) is 0 Å². The molecule has 48 heavy (non-hydrogen) atoms. The predicted octanol–water partition coefficient (Wildman–Crippen LogP) is 12.6. The van der Waals surface area contributed by atoms with Gasteiger partial charge in [-0.2, -0.15) is 0 Å².